The van der Waals surface area contributed by atoms with Crippen LogP contribution in [0, 0.1) is 0 Å². The molecule has 1 N–H and O–H groups in total. The molecule has 1 aliphatic heterocycles. The van der Waals surface area contributed by atoms with E-state index in [2.05, 4.69) is 0 Å². The zero-order valence-corrected chi connectivity index (χ0v) is 13.4. The summed E-state index contributed by atoms with van der Waals surface area (Å²) in [5, 5.41) is 10.2. The van der Waals surface area contributed by atoms with E-state index in [9.17, 15) is 9.90 Å². The fourth-order valence-corrected chi connectivity index (χ4v) is 2.92. The Bertz CT molecular complexity index is 704. The van der Waals surface area contributed by atoms with Crippen LogP contribution in [0.2, 0.25) is 5.02 Å². The van der Waals surface area contributed by atoms with E-state index in [-0.39, 0.29) is 24.2 Å². The number of carbonyl (C=O) groups is 1. The molecule has 2 aromatic rings. The molecule has 4 nitrogen and oxygen atoms in total. The van der Waals surface area contributed by atoms with Gasteiger partial charge < -0.3 is 14.7 Å². The second-order valence-corrected chi connectivity index (χ2v) is 5.97. The van der Waals surface area contributed by atoms with Crippen molar-refractivity contribution in [1.29, 1.82) is 0 Å². The standard InChI is InChI=1S/C18H18ClNO3/c19-16-7-2-1-4-13(16)11-18(22)20-8-9-23-17(12-20)14-5-3-6-15(21)10-14/h1-7,10,17,21H,8-9,11-12H2/t17-/m0/s1. The summed E-state index contributed by atoms with van der Waals surface area (Å²) in [5.74, 6) is 0.233. The number of halogens is 1. The molecule has 1 aliphatic rings. The van der Waals surface area contributed by atoms with Gasteiger partial charge >= 0.3 is 0 Å². The smallest absolute Gasteiger partial charge is 0.227 e. The number of benzene rings is 2. The quantitative estimate of drug-likeness (QED) is 0.939. The van der Waals surface area contributed by atoms with Crippen LogP contribution in [0.3, 0.4) is 0 Å². The third-order valence-electron chi connectivity index (χ3n) is 3.96. The molecule has 1 fully saturated rings. The highest BCUT2D eigenvalue weighted by molar-refractivity contribution is 6.31. The van der Waals surface area contributed by atoms with Crippen molar-refractivity contribution >= 4 is 17.5 Å². The molecule has 0 aromatic heterocycles. The lowest BCUT2D eigenvalue weighted by Crippen LogP contribution is -2.43. The number of amides is 1. The van der Waals surface area contributed by atoms with Crippen LogP contribution in [0.5, 0.6) is 5.75 Å². The first kappa shape index (κ1) is 15.8. The highest BCUT2D eigenvalue weighted by Gasteiger charge is 2.25. The Labute approximate surface area is 140 Å². The molecule has 1 atom stereocenters. The maximum atomic E-state index is 12.5. The summed E-state index contributed by atoms with van der Waals surface area (Å²) >= 11 is 6.13. The Morgan fingerprint density at radius 2 is 2.09 bits per heavy atom. The van der Waals surface area contributed by atoms with Gasteiger partial charge in [0.25, 0.3) is 0 Å². The van der Waals surface area contributed by atoms with Gasteiger partial charge in [0, 0.05) is 11.6 Å². The lowest BCUT2D eigenvalue weighted by molar-refractivity contribution is -0.138. The lowest BCUT2D eigenvalue weighted by atomic mass is 10.1. The van der Waals surface area contributed by atoms with Crippen molar-refractivity contribution < 1.29 is 14.6 Å². The summed E-state index contributed by atoms with van der Waals surface area (Å²) in [6.07, 6.45) is 0.0675. The molecule has 1 saturated heterocycles. The van der Waals surface area contributed by atoms with Crippen LogP contribution >= 0.6 is 11.6 Å². The number of rotatable bonds is 3. The Hall–Kier alpha value is -2.04. The normalized spacial score (nSPS) is 18.0. The number of nitrogens with zero attached hydrogens (tertiary/aromatic N) is 1. The van der Waals surface area contributed by atoms with E-state index in [0.717, 1.165) is 11.1 Å². The van der Waals surface area contributed by atoms with Crippen LogP contribution in [0.15, 0.2) is 48.5 Å². The first-order valence-corrected chi connectivity index (χ1v) is 7.93. The monoisotopic (exact) mass is 331 g/mol. The SMILES string of the molecule is O=C(Cc1ccccc1Cl)N1CCO[C@H](c2cccc(O)c2)C1. The molecular formula is C18H18ClNO3. The summed E-state index contributed by atoms with van der Waals surface area (Å²) in [6, 6.07) is 14.4. The number of phenols is 1. The lowest BCUT2D eigenvalue weighted by Gasteiger charge is -2.33. The van der Waals surface area contributed by atoms with Crippen LogP contribution in [0.4, 0.5) is 0 Å². The van der Waals surface area contributed by atoms with Crippen molar-refractivity contribution in [3.05, 3.63) is 64.7 Å². The van der Waals surface area contributed by atoms with Crippen LogP contribution < -0.4 is 0 Å². The van der Waals surface area contributed by atoms with Gasteiger partial charge in [-0.1, -0.05) is 41.9 Å². The van der Waals surface area contributed by atoms with Crippen LogP contribution in [-0.4, -0.2) is 35.6 Å². The van der Waals surface area contributed by atoms with Gasteiger partial charge in [-0.15, -0.1) is 0 Å². The summed E-state index contributed by atoms with van der Waals surface area (Å²) < 4.78 is 5.74. The van der Waals surface area contributed by atoms with Crippen molar-refractivity contribution in [3.63, 3.8) is 0 Å². The minimum absolute atomic E-state index is 0.0338. The van der Waals surface area contributed by atoms with Crippen molar-refractivity contribution in [2.75, 3.05) is 19.7 Å². The van der Waals surface area contributed by atoms with Crippen molar-refractivity contribution in [3.8, 4) is 5.75 Å². The second kappa shape index (κ2) is 7.02. The van der Waals surface area contributed by atoms with E-state index >= 15 is 0 Å². The molecule has 3 rings (SSSR count). The van der Waals surface area contributed by atoms with Crippen molar-refractivity contribution in [2.45, 2.75) is 12.5 Å². The Morgan fingerprint density at radius 1 is 1.26 bits per heavy atom. The van der Waals surface area contributed by atoms with Crippen LogP contribution in [0.1, 0.15) is 17.2 Å². The summed E-state index contributed by atoms with van der Waals surface area (Å²) in [6.45, 7) is 1.53. The van der Waals surface area contributed by atoms with E-state index in [0.29, 0.717) is 24.7 Å². The van der Waals surface area contributed by atoms with Gasteiger partial charge in [-0.05, 0) is 29.3 Å². The maximum absolute atomic E-state index is 12.5. The molecule has 0 aliphatic carbocycles. The molecule has 1 heterocycles. The molecule has 1 amide bonds. The van der Waals surface area contributed by atoms with Gasteiger partial charge in [0.15, 0.2) is 0 Å². The van der Waals surface area contributed by atoms with E-state index in [1.54, 1.807) is 29.2 Å². The molecule has 0 radical (unpaired) electrons. The third kappa shape index (κ3) is 3.84. The minimum Gasteiger partial charge on any atom is -0.508 e. The van der Waals surface area contributed by atoms with Gasteiger partial charge in [-0.2, -0.15) is 0 Å². The summed E-state index contributed by atoms with van der Waals surface area (Å²) in [4.78, 5) is 14.3. The van der Waals surface area contributed by atoms with Gasteiger partial charge in [-0.25, -0.2) is 0 Å². The first-order chi connectivity index (χ1) is 11.1. The van der Waals surface area contributed by atoms with Crippen LogP contribution in [0.25, 0.3) is 0 Å². The van der Waals surface area contributed by atoms with Crippen molar-refractivity contribution in [1.82, 2.24) is 4.90 Å². The number of hydrogen-bond acceptors (Lipinski definition) is 3. The number of aromatic hydroxyl groups is 1. The number of phenolic OH excluding ortho intramolecular Hbond substituents is 1. The van der Waals surface area contributed by atoms with E-state index in [1.165, 1.54) is 0 Å². The number of carbonyl (C=O) groups excluding carboxylic acids is 1. The van der Waals surface area contributed by atoms with Gasteiger partial charge in [0.1, 0.15) is 11.9 Å². The van der Waals surface area contributed by atoms with E-state index in [4.69, 9.17) is 16.3 Å². The summed E-state index contributed by atoms with van der Waals surface area (Å²) in [7, 11) is 0. The zero-order valence-electron chi connectivity index (χ0n) is 12.6. The van der Waals surface area contributed by atoms with Crippen molar-refractivity contribution in [2.24, 2.45) is 0 Å². The van der Waals surface area contributed by atoms with E-state index < -0.39 is 0 Å². The number of ether oxygens (including phenoxy) is 1. The molecule has 2 aromatic carbocycles. The molecule has 0 unspecified atom stereocenters. The van der Waals surface area contributed by atoms with E-state index in [1.807, 2.05) is 24.3 Å². The largest absolute Gasteiger partial charge is 0.508 e. The summed E-state index contributed by atoms with van der Waals surface area (Å²) in [5.41, 5.74) is 1.71. The predicted octanol–water partition coefficient (Wildman–Crippen LogP) is 3.19. The molecular weight excluding hydrogens is 314 g/mol. The molecule has 0 saturated carbocycles. The highest BCUT2D eigenvalue weighted by Crippen LogP contribution is 2.25. The molecule has 120 valence electrons. The second-order valence-electron chi connectivity index (χ2n) is 5.56. The highest BCUT2D eigenvalue weighted by atomic mass is 35.5. The maximum Gasteiger partial charge on any atom is 0.227 e. The average Bonchev–Trinajstić information content (AvgIpc) is 2.57. The van der Waals surface area contributed by atoms with Gasteiger partial charge in [0.05, 0.1) is 19.6 Å². The van der Waals surface area contributed by atoms with Gasteiger partial charge in [0.2, 0.25) is 5.91 Å². The number of morpholine rings is 1. The predicted molar refractivity (Wildman–Crippen MR) is 88.5 cm³/mol. The first-order valence-electron chi connectivity index (χ1n) is 7.55. The van der Waals surface area contributed by atoms with Gasteiger partial charge in [-0.3, -0.25) is 4.79 Å². The Kier molecular flexibility index (Phi) is 4.84. The molecule has 23 heavy (non-hydrogen) atoms. The zero-order chi connectivity index (χ0) is 16.2. The topological polar surface area (TPSA) is 49.8 Å². The van der Waals surface area contributed by atoms with Crippen LogP contribution in [-0.2, 0) is 16.0 Å². The number of hydrogen-bond donors (Lipinski definition) is 1. The fourth-order valence-electron chi connectivity index (χ4n) is 2.72. The Morgan fingerprint density at radius 3 is 2.87 bits per heavy atom. The molecule has 0 spiro atoms. The molecule has 5 heteroatoms. The Balaban J connectivity index is 1.68. The third-order valence-corrected chi connectivity index (χ3v) is 4.33. The fraction of sp³-hybridized carbons (Fsp3) is 0.278. The average molecular weight is 332 g/mol. The molecule has 0 bridgehead atoms. The minimum atomic E-state index is -0.217.